The number of aryl methyl sites for hydroxylation is 2. The molecule has 0 aliphatic heterocycles. The van der Waals surface area contributed by atoms with E-state index >= 15 is 0 Å². The Morgan fingerprint density at radius 1 is 1.39 bits per heavy atom. The van der Waals surface area contributed by atoms with E-state index in [1.165, 1.54) is 11.1 Å². The maximum absolute atomic E-state index is 11.5. The fourth-order valence-corrected chi connectivity index (χ4v) is 2.60. The predicted molar refractivity (Wildman–Crippen MR) is 80.1 cm³/mol. The summed E-state index contributed by atoms with van der Waals surface area (Å²) in [5, 5.41) is 0.0947. The van der Waals surface area contributed by atoms with Crippen molar-refractivity contribution < 1.29 is 4.21 Å². The Bertz CT molecular complexity index is 669. The van der Waals surface area contributed by atoms with Crippen molar-refractivity contribution in [2.45, 2.75) is 32.6 Å². The monoisotopic (exact) mass is 282 g/mol. The van der Waals surface area contributed by atoms with Gasteiger partial charge in [-0.05, 0) is 56.2 Å². The molecule has 2 atom stereocenters. The summed E-state index contributed by atoms with van der Waals surface area (Å²) < 4.78 is 14.2. The number of hydrogen-bond donors (Lipinski definition) is 1. The molecule has 1 aromatic heterocycles. The van der Waals surface area contributed by atoms with Crippen LogP contribution in [-0.2, 0) is 17.3 Å². The number of aromatic nitrogens is 2. The minimum Gasteiger partial charge on any atom is -0.331 e. The molecule has 0 fully saturated rings. The Labute approximate surface area is 115 Å². The minimum absolute atomic E-state index is 0.0947. The first-order valence-electron chi connectivity index (χ1n) is 5.92. The molecule has 0 aliphatic rings. The van der Waals surface area contributed by atoms with Gasteiger partial charge in [0.15, 0.2) is 4.77 Å². The first kappa shape index (κ1) is 13.5. The van der Waals surface area contributed by atoms with Gasteiger partial charge in [0, 0.05) is 28.9 Å². The van der Waals surface area contributed by atoms with Gasteiger partial charge in [0.2, 0.25) is 0 Å². The Balaban J connectivity index is 2.57. The minimum atomic E-state index is -0.837. The average molecular weight is 282 g/mol. The van der Waals surface area contributed by atoms with E-state index in [9.17, 15) is 4.21 Å². The molecule has 2 rings (SSSR count). The SMILES string of the molecule is Cc1cc2[nH]c(=S)n(CC(C)S(C)=O)c2cc1C. The van der Waals surface area contributed by atoms with Crippen LogP contribution in [0, 0.1) is 18.6 Å². The Morgan fingerprint density at radius 2 is 2.00 bits per heavy atom. The third kappa shape index (κ3) is 2.42. The van der Waals surface area contributed by atoms with Crippen LogP contribution in [-0.4, -0.2) is 25.3 Å². The highest BCUT2D eigenvalue weighted by Gasteiger charge is 2.12. The van der Waals surface area contributed by atoms with Crippen molar-refractivity contribution in [3.05, 3.63) is 28.0 Å². The fourth-order valence-electron chi connectivity index (χ4n) is 1.96. The van der Waals surface area contributed by atoms with E-state index in [0.29, 0.717) is 11.3 Å². The van der Waals surface area contributed by atoms with Crippen molar-refractivity contribution in [3.8, 4) is 0 Å². The molecule has 0 saturated carbocycles. The second kappa shape index (κ2) is 4.97. The van der Waals surface area contributed by atoms with Gasteiger partial charge in [-0.2, -0.15) is 0 Å². The highest BCUT2D eigenvalue weighted by Crippen LogP contribution is 2.20. The van der Waals surface area contributed by atoms with Gasteiger partial charge in [-0.25, -0.2) is 0 Å². The van der Waals surface area contributed by atoms with Crippen LogP contribution < -0.4 is 0 Å². The number of rotatable bonds is 3. The van der Waals surface area contributed by atoms with E-state index in [4.69, 9.17) is 12.2 Å². The lowest BCUT2D eigenvalue weighted by Gasteiger charge is -2.10. The average Bonchev–Trinajstić information content (AvgIpc) is 2.56. The smallest absolute Gasteiger partial charge is 0.178 e. The Morgan fingerprint density at radius 3 is 2.61 bits per heavy atom. The standard InChI is InChI=1S/C13H18N2OS2/c1-8-5-11-12(6-9(8)2)15(13(17)14-11)7-10(3)18(4)16/h5-6,10H,7H2,1-4H3,(H,14,17). The van der Waals surface area contributed by atoms with Crippen LogP contribution in [0.1, 0.15) is 18.1 Å². The molecule has 18 heavy (non-hydrogen) atoms. The molecule has 3 nitrogen and oxygen atoms in total. The lowest BCUT2D eigenvalue weighted by molar-refractivity contribution is 0.647. The van der Waals surface area contributed by atoms with Gasteiger partial charge in [0.1, 0.15) is 0 Å². The van der Waals surface area contributed by atoms with Gasteiger partial charge in [0.25, 0.3) is 0 Å². The first-order chi connectivity index (χ1) is 8.40. The van der Waals surface area contributed by atoms with Crippen LogP contribution >= 0.6 is 12.2 Å². The summed E-state index contributed by atoms with van der Waals surface area (Å²) in [7, 11) is -0.837. The highest BCUT2D eigenvalue weighted by atomic mass is 32.2. The van der Waals surface area contributed by atoms with Gasteiger partial charge < -0.3 is 9.55 Å². The summed E-state index contributed by atoms with van der Waals surface area (Å²) in [5.41, 5.74) is 4.64. The summed E-state index contributed by atoms with van der Waals surface area (Å²) in [6, 6.07) is 4.26. The molecule has 0 bridgehead atoms. The van der Waals surface area contributed by atoms with Crippen LogP contribution in [0.15, 0.2) is 12.1 Å². The molecule has 98 valence electrons. The van der Waals surface area contributed by atoms with Crippen LogP contribution in [0.5, 0.6) is 0 Å². The summed E-state index contributed by atoms with van der Waals surface area (Å²) in [6.45, 7) is 6.85. The molecular formula is C13H18N2OS2. The number of H-pyrrole nitrogens is 1. The quantitative estimate of drug-likeness (QED) is 0.879. The molecule has 0 aliphatic carbocycles. The summed E-state index contributed by atoms with van der Waals surface area (Å²) in [6.07, 6.45) is 1.73. The Hall–Kier alpha value is -0.940. The van der Waals surface area contributed by atoms with E-state index in [1.807, 2.05) is 11.5 Å². The molecule has 0 radical (unpaired) electrons. The molecule has 1 heterocycles. The first-order valence-corrected chi connectivity index (χ1v) is 7.95. The molecular weight excluding hydrogens is 264 g/mol. The molecule has 0 spiro atoms. The van der Waals surface area contributed by atoms with Crippen LogP contribution in [0.4, 0.5) is 0 Å². The number of aromatic amines is 1. The number of nitrogens with zero attached hydrogens (tertiary/aromatic N) is 1. The second-order valence-corrected chi connectivity index (χ2v) is 6.99. The van der Waals surface area contributed by atoms with Crippen molar-refractivity contribution in [3.63, 3.8) is 0 Å². The van der Waals surface area contributed by atoms with E-state index in [-0.39, 0.29) is 5.25 Å². The third-order valence-electron chi connectivity index (χ3n) is 3.40. The normalized spacial score (nSPS) is 14.9. The topological polar surface area (TPSA) is 37.8 Å². The lowest BCUT2D eigenvalue weighted by atomic mass is 10.1. The molecule has 0 amide bonds. The summed E-state index contributed by atoms with van der Waals surface area (Å²) in [4.78, 5) is 3.22. The van der Waals surface area contributed by atoms with E-state index < -0.39 is 10.8 Å². The largest absolute Gasteiger partial charge is 0.331 e. The number of imidazole rings is 1. The molecule has 2 aromatic rings. The summed E-state index contributed by atoms with van der Waals surface area (Å²) >= 11 is 5.35. The van der Waals surface area contributed by atoms with E-state index in [2.05, 4.69) is 31.0 Å². The number of fused-ring (bicyclic) bond motifs is 1. The van der Waals surface area contributed by atoms with Crippen molar-refractivity contribution >= 4 is 34.1 Å². The van der Waals surface area contributed by atoms with Crippen LogP contribution in [0.3, 0.4) is 0 Å². The zero-order chi connectivity index (χ0) is 13.4. The van der Waals surface area contributed by atoms with Crippen molar-refractivity contribution in [1.29, 1.82) is 0 Å². The van der Waals surface area contributed by atoms with Gasteiger partial charge in [-0.1, -0.05) is 0 Å². The maximum atomic E-state index is 11.5. The molecule has 1 aromatic carbocycles. The third-order valence-corrected chi connectivity index (χ3v) is 5.00. The number of benzene rings is 1. The Kier molecular flexibility index (Phi) is 3.73. The van der Waals surface area contributed by atoms with Crippen molar-refractivity contribution in [2.75, 3.05) is 6.26 Å². The van der Waals surface area contributed by atoms with Crippen LogP contribution in [0.2, 0.25) is 0 Å². The molecule has 2 unspecified atom stereocenters. The van der Waals surface area contributed by atoms with Gasteiger partial charge in [0.05, 0.1) is 11.0 Å². The number of nitrogens with one attached hydrogen (secondary N) is 1. The fraction of sp³-hybridized carbons (Fsp3) is 0.462. The van der Waals surface area contributed by atoms with E-state index in [1.54, 1.807) is 6.26 Å². The highest BCUT2D eigenvalue weighted by molar-refractivity contribution is 7.84. The molecule has 0 saturated heterocycles. The predicted octanol–water partition coefficient (Wildman–Crippen LogP) is 3.08. The zero-order valence-electron chi connectivity index (χ0n) is 11.1. The molecule has 5 heteroatoms. The van der Waals surface area contributed by atoms with Crippen molar-refractivity contribution in [1.82, 2.24) is 9.55 Å². The maximum Gasteiger partial charge on any atom is 0.178 e. The van der Waals surface area contributed by atoms with Crippen molar-refractivity contribution in [2.24, 2.45) is 0 Å². The zero-order valence-corrected chi connectivity index (χ0v) is 12.7. The van der Waals surface area contributed by atoms with Gasteiger partial charge in [-0.3, -0.25) is 4.21 Å². The van der Waals surface area contributed by atoms with Crippen LogP contribution in [0.25, 0.3) is 11.0 Å². The molecule has 1 N–H and O–H groups in total. The number of hydrogen-bond acceptors (Lipinski definition) is 2. The second-order valence-electron chi connectivity index (χ2n) is 4.80. The van der Waals surface area contributed by atoms with Gasteiger partial charge >= 0.3 is 0 Å². The summed E-state index contributed by atoms with van der Waals surface area (Å²) in [5.74, 6) is 0. The van der Waals surface area contributed by atoms with Gasteiger partial charge in [-0.15, -0.1) is 0 Å². The lowest BCUT2D eigenvalue weighted by Crippen LogP contribution is -2.17. The van der Waals surface area contributed by atoms with E-state index in [0.717, 1.165) is 11.0 Å².